The van der Waals surface area contributed by atoms with Crippen LogP contribution in [0.3, 0.4) is 0 Å². The molecule has 0 heterocycles. The Bertz CT molecular complexity index is 2440. The zero-order valence-electron chi connectivity index (χ0n) is 26.8. The second-order valence-corrected chi connectivity index (χ2v) is 12.1. The van der Waals surface area contributed by atoms with E-state index in [2.05, 4.69) is 24.3 Å². The molecule has 242 valence electrons. The maximum Gasteiger partial charge on any atom is 0.336 e. The summed E-state index contributed by atoms with van der Waals surface area (Å²) in [4.78, 5) is 23.9. The van der Waals surface area contributed by atoms with E-state index in [9.17, 15) is 19.8 Å². The van der Waals surface area contributed by atoms with Gasteiger partial charge < -0.3 is 19.7 Å². The van der Waals surface area contributed by atoms with Gasteiger partial charge in [-0.15, -0.1) is 0 Å². The van der Waals surface area contributed by atoms with E-state index in [-0.39, 0.29) is 24.3 Å². The van der Waals surface area contributed by atoms with E-state index in [1.54, 1.807) is 24.3 Å². The van der Waals surface area contributed by atoms with Crippen LogP contribution in [0.25, 0.3) is 54.2 Å². The highest BCUT2D eigenvalue weighted by molar-refractivity contribution is 6.10. The first-order chi connectivity index (χ1) is 24.5. The highest BCUT2D eigenvalue weighted by Crippen LogP contribution is 2.46. The lowest BCUT2D eigenvalue weighted by molar-refractivity contribution is 0.0688. The van der Waals surface area contributed by atoms with Crippen molar-refractivity contribution >= 4 is 55.0 Å². The van der Waals surface area contributed by atoms with Gasteiger partial charge in [-0.3, -0.25) is 0 Å². The first-order valence-electron chi connectivity index (χ1n) is 16.3. The van der Waals surface area contributed by atoms with Gasteiger partial charge in [-0.25, -0.2) is 9.59 Å². The summed E-state index contributed by atoms with van der Waals surface area (Å²) in [6.45, 7) is 0.434. The molecule has 0 aromatic heterocycles. The largest absolute Gasteiger partial charge is 0.488 e. The number of carbonyl (C=O) groups is 2. The van der Waals surface area contributed by atoms with Crippen LogP contribution >= 0.6 is 0 Å². The zero-order chi connectivity index (χ0) is 34.2. The van der Waals surface area contributed by atoms with Crippen molar-refractivity contribution in [3.05, 3.63) is 168 Å². The van der Waals surface area contributed by atoms with Gasteiger partial charge in [0.2, 0.25) is 0 Å². The molecular weight excluding hydrogens is 624 g/mol. The summed E-state index contributed by atoms with van der Waals surface area (Å²) >= 11 is 0. The summed E-state index contributed by atoms with van der Waals surface area (Å²) in [7, 11) is 0. The number of ether oxygens (including phenoxy) is 2. The summed E-state index contributed by atoms with van der Waals surface area (Å²) < 4.78 is 13.4. The molecule has 0 aliphatic rings. The molecular formula is C44H30O6. The monoisotopic (exact) mass is 654 g/mol. The normalized spacial score (nSPS) is 11.3. The highest BCUT2D eigenvalue weighted by Gasteiger charge is 2.20. The fraction of sp³-hybridized carbons (Fsp3) is 0.0455. The Morgan fingerprint density at radius 1 is 0.400 bits per heavy atom. The molecule has 0 bridgehead atoms. The lowest BCUT2D eigenvalue weighted by Gasteiger charge is -2.20. The van der Waals surface area contributed by atoms with Crippen molar-refractivity contribution in [2.45, 2.75) is 13.2 Å². The van der Waals surface area contributed by atoms with E-state index >= 15 is 0 Å². The smallest absolute Gasteiger partial charge is 0.336 e. The van der Waals surface area contributed by atoms with Crippen molar-refractivity contribution in [1.82, 2.24) is 0 Å². The molecule has 0 aliphatic heterocycles. The van der Waals surface area contributed by atoms with Crippen molar-refractivity contribution in [1.29, 1.82) is 0 Å². The lowest BCUT2D eigenvalue weighted by atomic mass is 9.92. The SMILES string of the molecule is O=C(O)c1cccc2c(COc3ccc4ccccc4c3-c3c(OCc4cccc5c(C(=O)O)cccc45)ccc4ccccc34)cccc12. The van der Waals surface area contributed by atoms with Gasteiger partial charge in [0.05, 0.1) is 11.1 Å². The van der Waals surface area contributed by atoms with E-state index in [0.29, 0.717) is 22.3 Å². The molecule has 6 nitrogen and oxygen atoms in total. The third-order valence-electron chi connectivity index (χ3n) is 9.28. The minimum Gasteiger partial charge on any atom is -0.488 e. The summed E-state index contributed by atoms with van der Waals surface area (Å²) in [5.74, 6) is -0.625. The molecule has 50 heavy (non-hydrogen) atoms. The number of aromatic carboxylic acids is 2. The number of carboxylic acid groups (broad SMARTS) is 2. The molecule has 0 amide bonds. The summed E-state index contributed by atoms with van der Waals surface area (Å²) in [6, 6.07) is 46.3. The zero-order valence-corrected chi connectivity index (χ0v) is 26.8. The second kappa shape index (κ2) is 12.7. The predicted octanol–water partition coefficient (Wildman–Crippen LogP) is 10.5. The Morgan fingerprint density at radius 3 is 1.22 bits per heavy atom. The van der Waals surface area contributed by atoms with Crippen LogP contribution < -0.4 is 9.47 Å². The Labute approximate surface area is 287 Å². The van der Waals surface area contributed by atoms with E-state index < -0.39 is 11.9 Å². The number of benzene rings is 8. The molecule has 0 aliphatic carbocycles. The first-order valence-corrected chi connectivity index (χ1v) is 16.3. The van der Waals surface area contributed by atoms with Gasteiger partial charge in [0.25, 0.3) is 0 Å². The molecule has 8 aromatic carbocycles. The lowest BCUT2D eigenvalue weighted by Crippen LogP contribution is -2.03. The number of fused-ring (bicyclic) bond motifs is 4. The first kappa shape index (κ1) is 30.7. The van der Waals surface area contributed by atoms with E-state index in [1.165, 1.54) is 0 Å². The van der Waals surface area contributed by atoms with Gasteiger partial charge in [-0.2, -0.15) is 0 Å². The fourth-order valence-corrected chi connectivity index (χ4v) is 6.95. The quantitative estimate of drug-likeness (QED) is 0.161. The van der Waals surface area contributed by atoms with Crippen molar-refractivity contribution in [3.8, 4) is 22.6 Å². The Hall–Kier alpha value is -6.66. The molecule has 2 N–H and O–H groups in total. The predicted molar refractivity (Wildman–Crippen MR) is 197 cm³/mol. The van der Waals surface area contributed by atoms with Crippen LogP contribution in [0.5, 0.6) is 11.5 Å². The van der Waals surface area contributed by atoms with Crippen molar-refractivity contribution < 1.29 is 29.3 Å². The average molecular weight is 655 g/mol. The maximum atomic E-state index is 12.0. The van der Waals surface area contributed by atoms with Gasteiger partial charge >= 0.3 is 11.9 Å². The number of carboxylic acids is 2. The van der Waals surface area contributed by atoms with E-state index in [4.69, 9.17) is 9.47 Å². The molecule has 0 radical (unpaired) electrons. The van der Waals surface area contributed by atoms with Crippen molar-refractivity contribution in [2.75, 3.05) is 0 Å². The van der Waals surface area contributed by atoms with Crippen LogP contribution in [0.2, 0.25) is 0 Å². The number of hydrogen-bond acceptors (Lipinski definition) is 4. The van der Waals surface area contributed by atoms with E-state index in [1.807, 2.05) is 97.1 Å². The van der Waals surface area contributed by atoms with Gasteiger partial charge in [0.15, 0.2) is 0 Å². The molecule has 0 unspecified atom stereocenters. The maximum absolute atomic E-state index is 12.0. The van der Waals surface area contributed by atoms with Crippen LogP contribution in [0.15, 0.2) is 146 Å². The fourth-order valence-electron chi connectivity index (χ4n) is 6.95. The minimum atomic E-state index is -0.972. The molecule has 0 saturated heterocycles. The van der Waals surface area contributed by atoms with Crippen molar-refractivity contribution in [3.63, 3.8) is 0 Å². The van der Waals surface area contributed by atoms with Crippen LogP contribution in [-0.4, -0.2) is 22.2 Å². The standard InChI is InChI=1S/C44H30O6/c45-43(46)37-19-7-15-31-29(11-5-17-35(31)37)25-49-39-23-21-27-9-1-3-13-33(27)41(39)42-34-14-4-2-10-28(34)22-24-40(42)50-26-30-12-6-18-36-32(30)16-8-20-38(36)44(47)48/h1-24H,25-26H2,(H,45,46)(H,47,48). The average Bonchev–Trinajstić information content (AvgIpc) is 3.15. The molecule has 0 fully saturated rings. The van der Waals surface area contributed by atoms with Gasteiger partial charge in [-0.05, 0) is 78.5 Å². The Kier molecular flexibility index (Phi) is 7.82. The highest BCUT2D eigenvalue weighted by atomic mass is 16.5. The molecule has 8 rings (SSSR count). The molecule has 6 heteroatoms. The third-order valence-corrected chi connectivity index (χ3v) is 9.28. The Balaban J connectivity index is 1.26. The summed E-state index contributed by atoms with van der Waals surface area (Å²) in [6.07, 6.45) is 0. The number of hydrogen-bond donors (Lipinski definition) is 2. The molecule has 8 aromatic rings. The minimum absolute atomic E-state index is 0.217. The van der Waals surface area contributed by atoms with Crippen LogP contribution in [0, 0.1) is 0 Å². The van der Waals surface area contributed by atoms with Crippen LogP contribution in [0.4, 0.5) is 0 Å². The third kappa shape index (κ3) is 5.43. The van der Waals surface area contributed by atoms with Crippen molar-refractivity contribution in [2.24, 2.45) is 0 Å². The van der Waals surface area contributed by atoms with Crippen LogP contribution in [-0.2, 0) is 13.2 Å². The Morgan fingerprint density at radius 2 is 0.780 bits per heavy atom. The van der Waals surface area contributed by atoms with Gasteiger partial charge in [0, 0.05) is 11.1 Å². The summed E-state index contributed by atoms with van der Waals surface area (Å²) in [5, 5.41) is 26.6. The number of rotatable bonds is 9. The van der Waals surface area contributed by atoms with Gasteiger partial charge in [-0.1, -0.05) is 121 Å². The molecule has 0 saturated carbocycles. The van der Waals surface area contributed by atoms with Gasteiger partial charge in [0.1, 0.15) is 24.7 Å². The second-order valence-electron chi connectivity index (χ2n) is 12.1. The van der Waals surface area contributed by atoms with E-state index in [0.717, 1.165) is 54.6 Å². The molecule has 0 atom stereocenters. The topological polar surface area (TPSA) is 93.1 Å². The summed E-state index contributed by atoms with van der Waals surface area (Å²) in [5.41, 5.74) is 4.00. The molecule has 0 spiro atoms. The van der Waals surface area contributed by atoms with Crippen LogP contribution in [0.1, 0.15) is 31.8 Å².